The summed E-state index contributed by atoms with van der Waals surface area (Å²) in [5.74, 6) is -0.169. The lowest BCUT2D eigenvalue weighted by atomic mass is 10.1. The van der Waals surface area contributed by atoms with Crippen molar-refractivity contribution in [2.45, 2.75) is 50.8 Å². The molecule has 3 rings (SSSR count). The number of sulfonamides is 1. The van der Waals surface area contributed by atoms with Crippen molar-refractivity contribution >= 4 is 27.3 Å². The van der Waals surface area contributed by atoms with Gasteiger partial charge in [0.2, 0.25) is 15.9 Å². The van der Waals surface area contributed by atoms with E-state index in [4.69, 9.17) is 0 Å². The lowest BCUT2D eigenvalue weighted by molar-refractivity contribution is -0.119. The number of hydrogen-bond donors (Lipinski definition) is 1. The highest BCUT2D eigenvalue weighted by Gasteiger charge is 2.28. The van der Waals surface area contributed by atoms with E-state index in [1.165, 1.54) is 0 Å². The highest BCUT2D eigenvalue weighted by Crippen LogP contribution is 2.32. The second-order valence-corrected chi connectivity index (χ2v) is 10.6. The Labute approximate surface area is 181 Å². The van der Waals surface area contributed by atoms with Crippen LogP contribution in [0, 0.1) is 5.92 Å². The summed E-state index contributed by atoms with van der Waals surface area (Å²) < 4.78 is 27.9. The predicted molar refractivity (Wildman–Crippen MR) is 121 cm³/mol. The van der Waals surface area contributed by atoms with Gasteiger partial charge >= 0.3 is 0 Å². The van der Waals surface area contributed by atoms with Crippen molar-refractivity contribution in [2.75, 3.05) is 56.5 Å². The van der Waals surface area contributed by atoms with Gasteiger partial charge in [-0.25, -0.2) is 8.42 Å². The van der Waals surface area contributed by atoms with Crippen LogP contribution in [0.15, 0.2) is 23.1 Å². The Bertz CT molecular complexity index is 829. The first kappa shape index (κ1) is 23.0. The number of nitrogens with zero attached hydrogens (tertiary/aromatic N) is 3. The third-order valence-corrected chi connectivity index (χ3v) is 8.09. The third-order valence-electron chi connectivity index (χ3n) is 6.19. The Morgan fingerprint density at radius 1 is 1.07 bits per heavy atom. The molecule has 8 heteroatoms. The molecule has 2 aliphatic rings. The molecule has 0 spiro atoms. The summed E-state index contributed by atoms with van der Waals surface area (Å²) in [7, 11) is -1.45. The molecular formula is C22H36N4O3S. The van der Waals surface area contributed by atoms with Crippen LogP contribution in [0.3, 0.4) is 0 Å². The smallest absolute Gasteiger partial charge is 0.243 e. The van der Waals surface area contributed by atoms with Crippen molar-refractivity contribution in [1.29, 1.82) is 0 Å². The first-order chi connectivity index (χ1) is 14.3. The number of benzene rings is 1. The summed E-state index contributed by atoms with van der Waals surface area (Å²) in [6, 6.07) is 5.22. The number of anilines is 2. The fourth-order valence-corrected chi connectivity index (χ4v) is 5.72. The molecule has 1 aromatic rings. The number of piperazine rings is 1. The number of piperidine rings is 1. The summed E-state index contributed by atoms with van der Waals surface area (Å²) in [5, 5.41) is 3.04. The SMILES string of the molecule is CCC[C@H](C)C(=O)Nc1cc(S(=O)(=O)N2CCCCC2)ccc1N1CCN(C)CC1. The molecule has 0 saturated carbocycles. The minimum atomic E-state index is -3.55. The van der Waals surface area contributed by atoms with E-state index in [2.05, 4.69) is 29.1 Å². The number of amides is 1. The molecular weight excluding hydrogens is 400 g/mol. The van der Waals surface area contributed by atoms with E-state index in [-0.39, 0.29) is 16.7 Å². The standard InChI is InChI=1S/C22H36N4O3S/c1-4-8-18(2)22(27)23-20-17-19(30(28,29)26-11-6-5-7-12-26)9-10-21(20)25-15-13-24(3)14-16-25/h9-10,17-18H,4-8,11-16H2,1-3H3,(H,23,27)/t18-/m0/s1. The molecule has 0 unspecified atom stereocenters. The van der Waals surface area contributed by atoms with Gasteiger partial charge in [0.25, 0.3) is 0 Å². The Morgan fingerprint density at radius 2 is 1.73 bits per heavy atom. The topological polar surface area (TPSA) is 73.0 Å². The molecule has 1 aromatic carbocycles. The van der Waals surface area contributed by atoms with E-state index in [9.17, 15) is 13.2 Å². The van der Waals surface area contributed by atoms with Crippen LogP contribution >= 0.6 is 0 Å². The van der Waals surface area contributed by atoms with Gasteiger partial charge in [-0.15, -0.1) is 0 Å². The first-order valence-corrected chi connectivity index (χ1v) is 12.7. The summed E-state index contributed by atoms with van der Waals surface area (Å²) in [6.45, 7) is 8.69. The van der Waals surface area contributed by atoms with Crippen LogP contribution < -0.4 is 10.2 Å². The van der Waals surface area contributed by atoms with Crippen molar-refractivity contribution in [3.8, 4) is 0 Å². The lowest BCUT2D eigenvalue weighted by Gasteiger charge is -2.35. The monoisotopic (exact) mass is 436 g/mol. The van der Waals surface area contributed by atoms with Crippen LogP contribution in [0.4, 0.5) is 11.4 Å². The number of hydrogen-bond acceptors (Lipinski definition) is 5. The maximum absolute atomic E-state index is 13.2. The Balaban J connectivity index is 1.91. The summed E-state index contributed by atoms with van der Waals surface area (Å²) in [4.78, 5) is 17.5. The molecule has 0 radical (unpaired) electrons. The van der Waals surface area contributed by atoms with E-state index >= 15 is 0 Å². The largest absolute Gasteiger partial charge is 0.367 e. The van der Waals surface area contributed by atoms with Crippen LogP contribution in [0.1, 0.15) is 46.0 Å². The number of nitrogens with one attached hydrogen (secondary N) is 1. The van der Waals surface area contributed by atoms with Crippen LogP contribution in [0.2, 0.25) is 0 Å². The van der Waals surface area contributed by atoms with E-state index in [1.807, 2.05) is 13.0 Å². The maximum Gasteiger partial charge on any atom is 0.243 e. The zero-order valence-corrected chi connectivity index (χ0v) is 19.4. The molecule has 1 N–H and O–H groups in total. The molecule has 1 atom stereocenters. The molecule has 2 fully saturated rings. The fraction of sp³-hybridized carbons (Fsp3) is 0.682. The van der Waals surface area contributed by atoms with Crippen LogP contribution in [0.25, 0.3) is 0 Å². The van der Waals surface area contributed by atoms with Crippen molar-refractivity contribution in [3.63, 3.8) is 0 Å². The van der Waals surface area contributed by atoms with Gasteiger partial charge < -0.3 is 15.1 Å². The van der Waals surface area contributed by atoms with E-state index in [0.29, 0.717) is 18.8 Å². The maximum atomic E-state index is 13.2. The van der Waals surface area contributed by atoms with Gasteiger partial charge in [0.05, 0.1) is 16.3 Å². The molecule has 0 bridgehead atoms. The number of carbonyl (C=O) groups is 1. The highest BCUT2D eigenvalue weighted by molar-refractivity contribution is 7.89. The normalized spacial score (nSPS) is 20.2. The molecule has 2 aliphatic heterocycles. The second-order valence-electron chi connectivity index (χ2n) is 8.61. The van der Waals surface area contributed by atoms with Gasteiger partial charge in [0.15, 0.2) is 0 Å². The zero-order chi connectivity index (χ0) is 21.7. The molecule has 7 nitrogen and oxygen atoms in total. The highest BCUT2D eigenvalue weighted by atomic mass is 32.2. The number of likely N-dealkylation sites (N-methyl/N-ethyl adjacent to an activating group) is 1. The molecule has 30 heavy (non-hydrogen) atoms. The average molecular weight is 437 g/mol. The molecule has 0 aliphatic carbocycles. The third kappa shape index (κ3) is 5.34. The quantitative estimate of drug-likeness (QED) is 0.711. The summed E-state index contributed by atoms with van der Waals surface area (Å²) >= 11 is 0. The van der Waals surface area contributed by atoms with Crippen molar-refractivity contribution in [1.82, 2.24) is 9.21 Å². The molecule has 1 amide bonds. The summed E-state index contributed by atoms with van der Waals surface area (Å²) in [5.41, 5.74) is 1.50. The lowest BCUT2D eigenvalue weighted by Crippen LogP contribution is -2.44. The van der Waals surface area contributed by atoms with Crippen LogP contribution in [-0.4, -0.2) is 69.8 Å². The van der Waals surface area contributed by atoms with Crippen molar-refractivity contribution < 1.29 is 13.2 Å². The molecule has 2 saturated heterocycles. The predicted octanol–water partition coefficient (Wildman–Crippen LogP) is 2.99. The molecule has 2 heterocycles. The second kappa shape index (κ2) is 10.1. The summed E-state index contributed by atoms with van der Waals surface area (Å²) in [6.07, 6.45) is 4.61. The minimum Gasteiger partial charge on any atom is -0.367 e. The van der Waals surface area contributed by atoms with Gasteiger partial charge in [-0.1, -0.05) is 26.7 Å². The van der Waals surface area contributed by atoms with Gasteiger partial charge in [0, 0.05) is 45.2 Å². The van der Waals surface area contributed by atoms with Gasteiger partial charge in [-0.3, -0.25) is 4.79 Å². The Kier molecular flexibility index (Phi) is 7.76. The number of carbonyl (C=O) groups excluding carboxylic acids is 1. The molecule has 0 aromatic heterocycles. The van der Waals surface area contributed by atoms with Crippen LogP contribution in [0.5, 0.6) is 0 Å². The Hall–Kier alpha value is -1.64. The zero-order valence-electron chi connectivity index (χ0n) is 18.6. The number of rotatable bonds is 7. The minimum absolute atomic E-state index is 0.0558. The average Bonchev–Trinajstić information content (AvgIpc) is 2.75. The first-order valence-electron chi connectivity index (χ1n) is 11.2. The molecule has 168 valence electrons. The van der Waals surface area contributed by atoms with Crippen molar-refractivity contribution in [3.05, 3.63) is 18.2 Å². The Morgan fingerprint density at radius 3 is 2.37 bits per heavy atom. The van der Waals surface area contributed by atoms with E-state index < -0.39 is 10.0 Å². The van der Waals surface area contributed by atoms with E-state index in [1.54, 1.807) is 16.4 Å². The van der Waals surface area contributed by atoms with Crippen molar-refractivity contribution in [2.24, 2.45) is 5.92 Å². The van der Waals surface area contributed by atoms with Gasteiger partial charge in [-0.2, -0.15) is 4.31 Å². The van der Waals surface area contributed by atoms with Gasteiger partial charge in [-0.05, 0) is 44.5 Å². The van der Waals surface area contributed by atoms with Crippen LogP contribution in [-0.2, 0) is 14.8 Å². The van der Waals surface area contributed by atoms with E-state index in [0.717, 1.165) is 64.0 Å². The van der Waals surface area contributed by atoms with Gasteiger partial charge in [0.1, 0.15) is 0 Å². The fourth-order valence-electron chi connectivity index (χ4n) is 4.17.